The molecule has 0 unspecified atom stereocenters. The fourth-order valence-corrected chi connectivity index (χ4v) is 2.90. The first-order chi connectivity index (χ1) is 10.9. The molecule has 0 bridgehead atoms. The summed E-state index contributed by atoms with van der Waals surface area (Å²) in [5.41, 5.74) is 2.04. The fraction of sp³-hybridized carbons (Fsp3) is 0.471. The van der Waals surface area contributed by atoms with Crippen LogP contribution in [0.3, 0.4) is 0 Å². The third-order valence-electron chi connectivity index (χ3n) is 3.52. The number of nitrogens with zero attached hydrogens (tertiary/aromatic N) is 3. The van der Waals surface area contributed by atoms with Gasteiger partial charge in [0, 0.05) is 19.2 Å². The summed E-state index contributed by atoms with van der Waals surface area (Å²) in [6.45, 7) is 7.75. The van der Waals surface area contributed by atoms with Crippen LogP contribution in [0, 0.1) is 0 Å². The summed E-state index contributed by atoms with van der Waals surface area (Å²) in [7, 11) is 1.65. The van der Waals surface area contributed by atoms with Gasteiger partial charge < -0.3 is 9.30 Å². The van der Waals surface area contributed by atoms with E-state index in [1.54, 1.807) is 13.4 Å². The van der Waals surface area contributed by atoms with E-state index in [1.807, 2.05) is 28.8 Å². The Hall–Kier alpha value is -1.66. The van der Waals surface area contributed by atoms with Crippen molar-refractivity contribution in [1.82, 2.24) is 14.8 Å². The van der Waals surface area contributed by atoms with Crippen LogP contribution in [-0.2, 0) is 16.7 Å². The van der Waals surface area contributed by atoms with Crippen LogP contribution in [0.4, 0.5) is 0 Å². The molecule has 0 spiro atoms. The van der Waals surface area contributed by atoms with Gasteiger partial charge in [-0.2, -0.15) is 0 Å². The number of thioether (sulfide) groups is 1. The number of hydrogen-bond acceptors (Lipinski definition) is 5. The van der Waals surface area contributed by atoms with E-state index < -0.39 is 0 Å². The number of Topliss-reactive ketones (excluding diaryl/α,β-unsaturated/α-hetero) is 1. The molecule has 0 saturated carbocycles. The van der Waals surface area contributed by atoms with Gasteiger partial charge >= 0.3 is 0 Å². The Bertz CT molecular complexity index is 645. The van der Waals surface area contributed by atoms with Gasteiger partial charge in [-0.05, 0) is 11.0 Å². The molecule has 2 rings (SSSR count). The van der Waals surface area contributed by atoms with E-state index in [0.717, 1.165) is 10.7 Å². The highest BCUT2D eigenvalue weighted by molar-refractivity contribution is 7.99. The predicted molar refractivity (Wildman–Crippen MR) is 92.1 cm³/mol. The van der Waals surface area contributed by atoms with Crippen LogP contribution in [0.1, 0.15) is 36.7 Å². The van der Waals surface area contributed by atoms with Crippen molar-refractivity contribution in [3.05, 3.63) is 41.7 Å². The molecule has 5 nitrogen and oxygen atoms in total. The fourth-order valence-electron chi connectivity index (χ4n) is 2.07. The second kappa shape index (κ2) is 7.75. The second-order valence-electron chi connectivity index (χ2n) is 6.34. The standard InChI is InChI=1S/C17H23N3O2S/c1-17(2,3)14-7-5-13(6-8-14)15(21)11-23-16-19-18-12-20(16)9-10-22-4/h5-8,12H,9-11H2,1-4H3. The van der Waals surface area contributed by atoms with E-state index in [9.17, 15) is 4.79 Å². The number of rotatable bonds is 7. The third-order valence-corrected chi connectivity index (χ3v) is 4.50. The number of carbonyl (C=O) groups excluding carboxylic acids is 1. The molecular weight excluding hydrogens is 310 g/mol. The molecule has 0 radical (unpaired) electrons. The summed E-state index contributed by atoms with van der Waals surface area (Å²) in [6, 6.07) is 7.86. The molecule has 2 aromatic rings. The maximum Gasteiger partial charge on any atom is 0.191 e. The monoisotopic (exact) mass is 333 g/mol. The third kappa shape index (κ3) is 4.91. The van der Waals surface area contributed by atoms with Gasteiger partial charge in [0.2, 0.25) is 0 Å². The Morgan fingerprint density at radius 3 is 2.57 bits per heavy atom. The van der Waals surface area contributed by atoms with Gasteiger partial charge in [0.1, 0.15) is 6.33 Å². The Labute approximate surface area is 141 Å². The molecular formula is C17H23N3O2S. The van der Waals surface area contributed by atoms with Crippen LogP contribution < -0.4 is 0 Å². The maximum atomic E-state index is 12.3. The van der Waals surface area contributed by atoms with Gasteiger partial charge in [0.25, 0.3) is 0 Å². The summed E-state index contributed by atoms with van der Waals surface area (Å²) < 4.78 is 6.94. The molecule has 0 N–H and O–H groups in total. The van der Waals surface area contributed by atoms with Crippen LogP contribution in [0.25, 0.3) is 0 Å². The average molecular weight is 333 g/mol. The smallest absolute Gasteiger partial charge is 0.191 e. The molecule has 0 fully saturated rings. The van der Waals surface area contributed by atoms with Crippen molar-refractivity contribution >= 4 is 17.5 Å². The normalized spacial score (nSPS) is 11.7. The zero-order valence-electron chi connectivity index (χ0n) is 14.1. The van der Waals surface area contributed by atoms with Crippen molar-refractivity contribution in [1.29, 1.82) is 0 Å². The van der Waals surface area contributed by atoms with Crippen LogP contribution in [-0.4, -0.2) is 40.0 Å². The minimum atomic E-state index is 0.0914. The highest BCUT2D eigenvalue weighted by Gasteiger charge is 2.15. The zero-order chi connectivity index (χ0) is 16.9. The first-order valence-electron chi connectivity index (χ1n) is 7.55. The molecule has 0 aliphatic carbocycles. The highest BCUT2D eigenvalue weighted by Crippen LogP contribution is 2.23. The van der Waals surface area contributed by atoms with Crippen LogP contribution in [0.5, 0.6) is 0 Å². The molecule has 0 amide bonds. The number of ketones is 1. The average Bonchev–Trinajstić information content (AvgIpc) is 2.97. The van der Waals surface area contributed by atoms with E-state index in [2.05, 4.69) is 31.0 Å². The first kappa shape index (κ1) is 17.7. The Kier molecular flexibility index (Phi) is 5.96. The van der Waals surface area contributed by atoms with Gasteiger partial charge in [0.15, 0.2) is 10.9 Å². The quantitative estimate of drug-likeness (QED) is 0.575. The summed E-state index contributed by atoms with van der Waals surface area (Å²) >= 11 is 1.40. The second-order valence-corrected chi connectivity index (χ2v) is 7.28. The molecule has 124 valence electrons. The number of benzene rings is 1. The van der Waals surface area contributed by atoms with Gasteiger partial charge in [-0.15, -0.1) is 10.2 Å². The number of hydrogen-bond donors (Lipinski definition) is 0. The largest absolute Gasteiger partial charge is 0.383 e. The van der Waals surface area contributed by atoms with Crippen LogP contribution in [0.2, 0.25) is 0 Å². The van der Waals surface area contributed by atoms with E-state index in [0.29, 0.717) is 18.9 Å². The summed E-state index contributed by atoms with van der Waals surface area (Å²) in [5.74, 6) is 0.442. The van der Waals surface area contributed by atoms with Gasteiger partial charge in [0.05, 0.1) is 12.4 Å². The Morgan fingerprint density at radius 2 is 1.96 bits per heavy atom. The zero-order valence-corrected chi connectivity index (χ0v) is 14.9. The van der Waals surface area contributed by atoms with Crippen molar-refractivity contribution < 1.29 is 9.53 Å². The molecule has 0 atom stereocenters. The molecule has 1 aromatic heterocycles. The molecule has 1 heterocycles. The van der Waals surface area contributed by atoms with Crippen molar-refractivity contribution in [2.75, 3.05) is 19.5 Å². The molecule has 0 aliphatic rings. The van der Waals surface area contributed by atoms with E-state index in [1.165, 1.54) is 17.3 Å². The Balaban J connectivity index is 1.96. The number of carbonyl (C=O) groups is 1. The lowest BCUT2D eigenvalue weighted by atomic mass is 9.86. The highest BCUT2D eigenvalue weighted by atomic mass is 32.2. The molecule has 1 aromatic carbocycles. The number of ether oxygens (including phenoxy) is 1. The number of methoxy groups -OCH3 is 1. The topological polar surface area (TPSA) is 57.0 Å². The predicted octanol–water partition coefficient (Wildman–Crippen LogP) is 3.20. The Morgan fingerprint density at radius 1 is 1.26 bits per heavy atom. The van der Waals surface area contributed by atoms with Gasteiger partial charge in [-0.1, -0.05) is 56.8 Å². The molecule has 0 saturated heterocycles. The first-order valence-corrected chi connectivity index (χ1v) is 8.53. The van der Waals surface area contributed by atoms with Crippen LogP contribution in [0.15, 0.2) is 35.7 Å². The van der Waals surface area contributed by atoms with E-state index in [4.69, 9.17) is 4.74 Å². The molecule has 6 heteroatoms. The van der Waals surface area contributed by atoms with Crippen molar-refractivity contribution in [2.24, 2.45) is 0 Å². The minimum Gasteiger partial charge on any atom is -0.383 e. The molecule has 0 aliphatic heterocycles. The van der Waals surface area contributed by atoms with Crippen molar-refractivity contribution in [3.8, 4) is 0 Å². The molecule has 23 heavy (non-hydrogen) atoms. The van der Waals surface area contributed by atoms with E-state index >= 15 is 0 Å². The van der Waals surface area contributed by atoms with Crippen molar-refractivity contribution in [2.45, 2.75) is 37.9 Å². The minimum absolute atomic E-state index is 0.0914. The lowest BCUT2D eigenvalue weighted by molar-refractivity contribution is 0.102. The summed E-state index contributed by atoms with van der Waals surface area (Å²) in [4.78, 5) is 12.3. The van der Waals surface area contributed by atoms with E-state index in [-0.39, 0.29) is 11.2 Å². The number of aromatic nitrogens is 3. The lowest BCUT2D eigenvalue weighted by Crippen LogP contribution is -2.12. The SMILES string of the molecule is COCCn1cnnc1SCC(=O)c1ccc(C(C)(C)C)cc1. The lowest BCUT2D eigenvalue weighted by Gasteiger charge is -2.18. The summed E-state index contributed by atoms with van der Waals surface area (Å²) in [5, 5.41) is 8.68. The van der Waals surface area contributed by atoms with Crippen LogP contribution >= 0.6 is 11.8 Å². The maximum absolute atomic E-state index is 12.3. The summed E-state index contributed by atoms with van der Waals surface area (Å²) in [6.07, 6.45) is 1.66. The van der Waals surface area contributed by atoms with Crippen molar-refractivity contribution in [3.63, 3.8) is 0 Å². The van der Waals surface area contributed by atoms with Gasteiger partial charge in [-0.25, -0.2) is 0 Å². The van der Waals surface area contributed by atoms with Gasteiger partial charge in [-0.3, -0.25) is 4.79 Å².